The first-order valence-corrected chi connectivity index (χ1v) is 12.1. The summed E-state index contributed by atoms with van der Waals surface area (Å²) in [5.74, 6) is 0.576. The molecule has 1 aromatic heterocycles. The Hall–Kier alpha value is -3.11. The number of aryl methyl sites for hydroxylation is 2. The Morgan fingerprint density at radius 2 is 1.59 bits per heavy atom. The molecule has 0 aliphatic rings. The minimum atomic E-state index is -3.86. The number of carbonyl (C=O) groups is 1. The zero-order chi connectivity index (χ0) is 23.3. The van der Waals surface area contributed by atoms with Crippen molar-refractivity contribution in [2.24, 2.45) is 0 Å². The van der Waals surface area contributed by atoms with Crippen molar-refractivity contribution < 1.29 is 17.9 Å². The third kappa shape index (κ3) is 6.21. The average molecular weight is 473 g/mol. The van der Waals surface area contributed by atoms with E-state index in [4.69, 9.17) is 4.74 Å². The highest BCUT2D eigenvalue weighted by atomic mass is 32.2. The molecule has 0 bridgehead atoms. The van der Waals surface area contributed by atoms with Crippen molar-refractivity contribution in [2.75, 3.05) is 17.1 Å². The van der Waals surface area contributed by atoms with E-state index in [2.05, 4.69) is 20.0 Å². The molecule has 168 valence electrons. The maximum atomic E-state index is 12.6. The quantitative estimate of drug-likeness (QED) is 0.476. The van der Waals surface area contributed by atoms with Gasteiger partial charge in [-0.25, -0.2) is 23.1 Å². The molecule has 2 aromatic carbocycles. The molecular formula is C22H24N4O4S2. The maximum Gasteiger partial charge on any atom is 0.264 e. The molecule has 0 saturated heterocycles. The number of ether oxygens (including phenoxy) is 1. The lowest BCUT2D eigenvalue weighted by atomic mass is 10.3. The molecule has 1 heterocycles. The molecule has 0 unspecified atom stereocenters. The van der Waals surface area contributed by atoms with Crippen LogP contribution in [0.1, 0.15) is 18.3 Å². The van der Waals surface area contributed by atoms with Crippen LogP contribution >= 0.6 is 11.8 Å². The molecule has 0 saturated carbocycles. The molecule has 3 aromatic rings. The van der Waals surface area contributed by atoms with Crippen LogP contribution in [0.25, 0.3) is 0 Å². The van der Waals surface area contributed by atoms with E-state index in [0.29, 0.717) is 17.1 Å². The zero-order valence-electron chi connectivity index (χ0n) is 18.1. The second-order valence-corrected chi connectivity index (χ2v) is 10.1. The Balaban J connectivity index is 1.63. The van der Waals surface area contributed by atoms with Crippen LogP contribution in [0.4, 0.5) is 11.6 Å². The number of amides is 1. The largest absolute Gasteiger partial charge is 0.497 e. The second-order valence-electron chi connectivity index (χ2n) is 7.03. The molecule has 10 heteroatoms. The number of rotatable bonds is 8. The average Bonchev–Trinajstić information content (AvgIpc) is 2.73. The highest BCUT2D eigenvalue weighted by Crippen LogP contribution is 2.26. The molecular weight excluding hydrogens is 448 g/mol. The van der Waals surface area contributed by atoms with Crippen LogP contribution in [0.15, 0.2) is 64.4 Å². The summed E-state index contributed by atoms with van der Waals surface area (Å²) in [4.78, 5) is 21.7. The standard InChI is InChI=1S/C22H24N4O4S2/c1-14-13-15(2)24-22(23-14)26-32(28,29)20-11-5-17(6-12-20)25-21(27)16(3)31-19-9-7-18(30-4)8-10-19/h5-13,16H,1-4H3,(H,25,27)(H,23,24,26)/t16-/m1/s1. The van der Waals surface area contributed by atoms with Crippen LogP contribution in [-0.2, 0) is 14.8 Å². The summed E-state index contributed by atoms with van der Waals surface area (Å²) in [7, 11) is -2.26. The van der Waals surface area contributed by atoms with Gasteiger partial charge in [0.15, 0.2) is 0 Å². The fraction of sp³-hybridized carbons (Fsp3) is 0.227. The molecule has 0 aliphatic carbocycles. The molecule has 0 aliphatic heterocycles. The minimum Gasteiger partial charge on any atom is -0.497 e. The summed E-state index contributed by atoms with van der Waals surface area (Å²) >= 11 is 1.41. The van der Waals surface area contributed by atoms with Crippen molar-refractivity contribution in [2.45, 2.75) is 35.8 Å². The molecule has 2 N–H and O–H groups in total. The number of thioether (sulfide) groups is 1. The van der Waals surface area contributed by atoms with Gasteiger partial charge in [0.2, 0.25) is 11.9 Å². The van der Waals surface area contributed by atoms with Gasteiger partial charge in [0.25, 0.3) is 10.0 Å². The second kappa shape index (κ2) is 10.0. The Kier molecular flexibility index (Phi) is 7.37. The summed E-state index contributed by atoms with van der Waals surface area (Å²) in [5.41, 5.74) is 1.82. The Labute approximate surface area is 191 Å². The number of benzene rings is 2. The Morgan fingerprint density at radius 3 is 2.16 bits per heavy atom. The summed E-state index contributed by atoms with van der Waals surface area (Å²) in [6.45, 7) is 5.33. The predicted molar refractivity (Wildman–Crippen MR) is 126 cm³/mol. The number of hydrogen-bond donors (Lipinski definition) is 2. The van der Waals surface area contributed by atoms with Gasteiger partial charge in [0, 0.05) is 22.0 Å². The topological polar surface area (TPSA) is 110 Å². The SMILES string of the molecule is COc1ccc(S[C@H](C)C(=O)Nc2ccc(S(=O)(=O)Nc3nc(C)cc(C)n3)cc2)cc1. The maximum absolute atomic E-state index is 12.6. The van der Waals surface area contributed by atoms with Crippen LogP contribution < -0.4 is 14.8 Å². The van der Waals surface area contributed by atoms with Gasteiger partial charge in [-0.15, -0.1) is 11.8 Å². The Bertz CT molecular complexity index is 1180. The number of carbonyl (C=O) groups excluding carboxylic acids is 1. The molecule has 8 nitrogen and oxygen atoms in total. The van der Waals surface area contributed by atoms with Gasteiger partial charge in [0.1, 0.15) is 5.75 Å². The van der Waals surface area contributed by atoms with Gasteiger partial charge in [0.05, 0.1) is 17.3 Å². The van der Waals surface area contributed by atoms with Crippen LogP contribution in [0.5, 0.6) is 5.75 Å². The van der Waals surface area contributed by atoms with E-state index < -0.39 is 10.0 Å². The van der Waals surface area contributed by atoms with Gasteiger partial charge in [-0.2, -0.15) is 0 Å². The summed E-state index contributed by atoms with van der Waals surface area (Å²) in [6.07, 6.45) is 0. The number of nitrogens with zero attached hydrogens (tertiary/aromatic N) is 2. The zero-order valence-corrected chi connectivity index (χ0v) is 19.8. The lowest BCUT2D eigenvalue weighted by Gasteiger charge is -2.13. The molecule has 1 amide bonds. The van der Waals surface area contributed by atoms with E-state index in [0.717, 1.165) is 10.6 Å². The van der Waals surface area contributed by atoms with Gasteiger partial charge in [-0.05, 0) is 75.4 Å². The van der Waals surface area contributed by atoms with Gasteiger partial charge in [-0.3, -0.25) is 4.79 Å². The van der Waals surface area contributed by atoms with Crippen molar-refractivity contribution in [3.63, 3.8) is 0 Å². The summed E-state index contributed by atoms with van der Waals surface area (Å²) in [6, 6.07) is 15.1. The van der Waals surface area contributed by atoms with Crippen LogP contribution in [0.3, 0.4) is 0 Å². The number of anilines is 2. The molecule has 0 spiro atoms. The van der Waals surface area contributed by atoms with E-state index in [1.807, 2.05) is 24.3 Å². The summed E-state index contributed by atoms with van der Waals surface area (Å²) < 4.78 is 32.8. The van der Waals surface area contributed by atoms with Crippen LogP contribution in [-0.4, -0.2) is 36.7 Å². The van der Waals surface area contributed by atoms with Crippen molar-refractivity contribution >= 4 is 39.3 Å². The number of hydrogen-bond acceptors (Lipinski definition) is 7. The normalized spacial score (nSPS) is 12.1. The molecule has 3 rings (SSSR count). The smallest absolute Gasteiger partial charge is 0.264 e. The van der Waals surface area contributed by atoms with Crippen LogP contribution in [0.2, 0.25) is 0 Å². The van der Waals surface area contributed by atoms with E-state index in [9.17, 15) is 13.2 Å². The molecule has 1 atom stereocenters. The third-order valence-electron chi connectivity index (χ3n) is 4.38. The highest BCUT2D eigenvalue weighted by molar-refractivity contribution is 8.00. The number of sulfonamides is 1. The minimum absolute atomic E-state index is 0.0178. The number of nitrogens with one attached hydrogen (secondary N) is 2. The van der Waals surface area contributed by atoms with Crippen molar-refractivity contribution in [3.05, 3.63) is 66.0 Å². The van der Waals surface area contributed by atoms with Crippen LogP contribution in [0, 0.1) is 13.8 Å². The van der Waals surface area contributed by atoms with Crippen molar-refractivity contribution in [1.29, 1.82) is 0 Å². The molecule has 32 heavy (non-hydrogen) atoms. The van der Waals surface area contributed by atoms with Gasteiger partial charge in [-0.1, -0.05) is 0 Å². The lowest BCUT2D eigenvalue weighted by Crippen LogP contribution is -2.22. The monoisotopic (exact) mass is 472 g/mol. The molecule has 0 fully saturated rings. The Morgan fingerprint density at radius 1 is 1.00 bits per heavy atom. The predicted octanol–water partition coefficient (Wildman–Crippen LogP) is 4.02. The van der Waals surface area contributed by atoms with E-state index in [1.54, 1.807) is 46.1 Å². The van der Waals surface area contributed by atoms with Crippen molar-refractivity contribution in [3.8, 4) is 5.75 Å². The number of aromatic nitrogens is 2. The fourth-order valence-corrected chi connectivity index (χ4v) is 4.64. The van der Waals surface area contributed by atoms with Gasteiger partial charge >= 0.3 is 0 Å². The fourth-order valence-electron chi connectivity index (χ4n) is 2.82. The third-order valence-corrected chi connectivity index (χ3v) is 6.84. The first-order chi connectivity index (χ1) is 15.2. The first-order valence-electron chi connectivity index (χ1n) is 9.73. The number of methoxy groups -OCH3 is 1. The van der Waals surface area contributed by atoms with E-state index in [1.165, 1.54) is 23.9 Å². The summed E-state index contributed by atoms with van der Waals surface area (Å²) in [5, 5.41) is 2.45. The van der Waals surface area contributed by atoms with E-state index >= 15 is 0 Å². The first kappa shape index (κ1) is 23.6. The highest BCUT2D eigenvalue weighted by Gasteiger charge is 2.18. The molecule has 0 radical (unpaired) electrons. The lowest BCUT2D eigenvalue weighted by molar-refractivity contribution is -0.115. The van der Waals surface area contributed by atoms with Gasteiger partial charge < -0.3 is 10.1 Å². The van der Waals surface area contributed by atoms with E-state index in [-0.39, 0.29) is 22.0 Å². The van der Waals surface area contributed by atoms with Crippen molar-refractivity contribution in [1.82, 2.24) is 9.97 Å².